The highest BCUT2D eigenvalue weighted by Crippen LogP contribution is 2.03. The van der Waals surface area contributed by atoms with Gasteiger partial charge in [0, 0.05) is 0 Å². The molecule has 2 atom stereocenters. The van der Waals surface area contributed by atoms with Crippen LogP contribution in [0.25, 0.3) is 0 Å². The van der Waals surface area contributed by atoms with E-state index in [2.05, 4.69) is 15.4 Å². The van der Waals surface area contributed by atoms with Crippen LogP contribution in [0.5, 0.6) is 0 Å². The summed E-state index contributed by atoms with van der Waals surface area (Å²) in [5, 5.41) is 5.44. The Bertz CT molecular complexity index is 229. The van der Waals surface area contributed by atoms with Gasteiger partial charge in [-0.2, -0.15) is 0 Å². The van der Waals surface area contributed by atoms with Crippen LogP contribution in [-0.2, 0) is 14.3 Å². The zero-order valence-corrected chi connectivity index (χ0v) is 9.96. The molecule has 2 unspecified atom stereocenters. The minimum absolute atomic E-state index is 0.00505. The molecule has 0 saturated heterocycles. The van der Waals surface area contributed by atoms with Gasteiger partial charge >= 0.3 is 5.97 Å². The number of ether oxygens (including phenoxy) is 1. The number of carbonyl (C=O) groups excluding carboxylic acids is 2. The van der Waals surface area contributed by atoms with Crippen molar-refractivity contribution in [2.45, 2.75) is 32.9 Å². The third-order valence-electron chi connectivity index (χ3n) is 2.25. The van der Waals surface area contributed by atoms with Crippen LogP contribution in [0.15, 0.2) is 0 Å². The molecule has 0 aromatic heterocycles. The number of rotatable bonds is 5. The third-order valence-corrected chi connectivity index (χ3v) is 2.25. The standard InChI is InChI=1S/C10H20N2O3/c1-6(2)8(10(14)15-5)12-9(13)7(3)11-4/h6-8,11H,1-5H3,(H,12,13). The molecule has 0 spiro atoms. The third kappa shape index (κ3) is 4.29. The second-order valence-electron chi connectivity index (χ2n) is 3.76. The van der Waals surface area contributed by atoms with E-state index in [9.17, 15) is 9.59 Å². The van der Waals surface area contributed by atoms with Crippen LogP contribution in [0.1, 0.15) is 20.8 Å². The molecule has 5 nitrogen and oxygen atoms in total. The zero-order valence-electron chi connectivity index (χ0n) is 9.96. The zero-order chi connectivity index (χ0) is 12.0. The van der Waals surface area contributed by atoms with E-state index in [1.54, 1.807) is 14.0 Å². The fourth-order valence-corrected chi connectivity index (χ4v) is 1.03. The summed E-state index contributed by atoms with van der Waals surface area (Å²) in [5.74, 6) is -0.617. The monoisotopic (exact) mass is 216 g/mol. The average Bonchev–Trinajstić information content (AvgIpc) is 2.22. The van der Waals surface area contributed by atoms with Crippen molar-refractivity contribution < 1.29 is 14.3 Å². The Hall–Kier alpha value is -1.10. The van der Waals surface area contributed by atoms with Gasteiger partial charge in [-0.25, -0.2) is 4.79 Å². The van der Waals surface area contributed by atoms with Crippen molar-refractivity contribution in [3.8, 4) is 0 Å². The predicted molar refractivity (Wildman–Crippen MR) is 57.3 cm³/mol. The first-order valence-corrected chi connectivity index (χ1v) is 4.99. The van der Waals surface area contributed by atoms with E-state index in [1.165, 1.54) is 7.11 Å². The van der Waals surface area contributed by atoms with Crippen molar-refractivity contribution in [1.29, 1.82) is 0 Å². The smallest absolute Gasteiger partial charge is 0.328 e. The molecule has 2 N–H and O–H groups in total. The summed E-state index contributed by atoms with van der Waals surface area (Å²) in [4.78, 5) is 22.9. The SMILES string of the molecule is CNC(C)C(=O)NC(C(=O)OC)C(C)C. The van der Waals surface area contributed by atoms with E-state index in [0.717, 1.165) is 0 Å². The van der Waals surface area contributed by atoms with Gasteiger partial charge in [-0.15, -0.1) is 0 Å². The van der Waals surface area contributed by atoms with Crippen molar-refractivity contribution in [2.24, 2.45) is 5.92 Å². The number of hydrogen-bond donors (Lipinski definition) is 2. The second kappa shape index (κ2) is 6.40. The predicted octanol–water partition coefficient (Wildman–Crippen LogP) is -0.0919. The van der Waals surface area contributed by atoms with Crippen molar-refractivity contribution >= 4 is 11.9 Å². The van der Waals surface area contributed by atoms with Crippen LogP contribution >= 0.6 is 0 Å². The van der Waals surface area contributed by atoms with Crippen molar-refractivity contribution in [2.75, 3.05) is 14.2 Å². The lowest BCUT2D eigenvalue weighted by atomic mass is 10.0. The summed E-state index contributed by atoms with van der Waals surface area (Å²) < 4.78 is 4.61. The molecule has 0 saturated carbocycles. The van der Waals surface area contributed by atoms with Gasteiger partial charge < -0.3 is 15.4 Å². The van der Waals surface area contributed by atoms with Gasteiger partial charge in [0.05, 0.1) is 13.2 Å². The van der Waals surface area contributed by atoms with Crippen LogP contribution in [0.3, 0.4) is 0 Å². The average molecular weight is 216 g/mol. The van der Waals surface area contributed by atoms with Gasteiger partial charge in [-0.05, 0) is 19.9 Å². The molecule has 0 aliphatic carbocycles. The van der Waals surface area contributed by atoms with Crippen LogP contribution in [0.2, 0.25) is 0 Å². The highest BCUT2D eigenvalue weighted by atomic mass is 16.5. The molecule has 0 rings (SSSR count). The summed E-state index contributed by atoms with van der Waals surface area (Å²) in [7, 11) is 3.00. The van der Waals surface area contributed by atoms with E-state index < -0.39 is 12.0 Å². The minimum Gasteiger partial charge on any atom is -0.467 e. The number of esters is 1. The molecule has 5 heteroatoms. The highest BCUT2D eigenvalue weighted by molar-refractivity contribution is 5.87. The maximum atomic E-state index is 11.5. The maximum absolute atomic E-state index is 11.5. The molecule has 0 aromatic carbocycles. The first-order valence-electron chi connectivity index (χ1n) is 4.99. The van der Waals surface area contributed by atoms with Crippen LogP contribution in [-0.4, -0.2) is 38.1 Å². The number of likely N-dealkylation sites (N-methyl/N-ethyl adjacent to an activating group) is 1. The highest BCUT2D eigenvalue weighted by Gasteiger charge is 2.26. The molecule has 0 aliphatic heterocycles. The van der Waals surface area contributed by atoms with E-state index in [-0.39, 0.29) is 17.9 Å². The largest absolute Gasteiger partial charge is 0.467 e. The molecule has 0 aliphatic rings. The fraction of sp³-hybridized carbons (Fsp3) is 0.800. The summed E-state index contributed by atoms with van der Waals surface area (Å²) in [6, 6.07) is -0.908. The molecule has 0 heterocycles. The van der Waals surface area contributed by atoms with Gasteiger partial charge in [0.2, 0.25) is 5.91 Å². The molecule has 15 heavy (non-hydrogen) atoms. The Labute approximate surface area is 90.6 Å². The van der Waals surface area contributed by atoms with E-state index in [4.69, 9.17) is 0 Å². The van der Waals surface area contributed by atoms with Gasteiger partial charge in [0.1, 0.15) is 6.04 Å². The first-order chi connectivity index (χ1) is 6.93. The van der Waals surface area contributed by atoms with Gasteiger partial charge in [-0.3, -0.25) is 4.79 Å². The lowest BCUT2D eigenvalue weighted by Gasteiger charge is -2.21. The summed E-state index contributed by atoms with van der Waals surface area (Å²) in [5.41, 5.74) is 0. The van der Waals surface area contributed by atoms with Gasteiger partial charge in [-0.1, -0.05) is 13.8 Å². The van der Waals surface area contributed by atoms with E-state index >= 15 is 0 Å². The maximum Gasteiger partial charge on any atom is 0.328 e. The quantitative estimate of drug-likeness (QED) is 0.630. The Morgan fingerprint density at radius 3 is 2.07 bits per heavy atom. The molecule has 88 valence electrons. The molecule has 0 fully saturated rings. The van der Waals surface area contributed by atoms with Gasteiger partial charge in [0.15, 0.2) is 0 Å². The van der Waals surface area contributed by atoms with Crippen LogP contribution in [0.4, 0.5) is 0 Å². The molecule has 0 radical (unpaired) electrons. The Kier molecular flexibility index (Phi) is 5.93. The van der Waals surface area contributed by atoms with Gasteiger partial charge in [0.25, 0.3) is 0 Å². The number of amides is 1. The number of nitrogens with one attached hydrogen (secondary N) is 2. The first kappa shape index (κ1) is 13.9. The van der Waals surface area contributed by atoms with Crippen molar-refractivity contribution in [1.82, 2.24) is 10.6 Å². The topological polar surface area (TPSA) is 67.4 Å². The molecular formula is C10H20N2O3. The second-order valence-corrected chi connectivity index (χ2v) is 3.76. The molecule has 1 amide bonds. The van der Waals surface area contributed by atoms with Crippen molar-refractivity contribution in [3.05, 3.63) is 0 Å². The number of methoxy groups -OCH3 is 1. The number of hydrogen-bond acceptors (Lipinski definition) is 4. The Balaban J connectivity index is 4.42. The van der Waals surface area contributed by atoms with Crippen LogP contribution in [0, 0.1) is 5.92 Å². The molecule has 0 bridgehead atoms. The Morgan fingerprint density at radius 2 is 1.73 bits per heavy atom. The summed E-state index contributed by atoms with van der Waals surface area (Å²) in [6.45, 7) is 5.43. The lowest BCUT2D eigenvalue weighted by molar-refractivity contribution is -0.146. The van der Waals surface area contributed by atoms with Crippen molar-refractivity contribution in [3.63, 3.8) is 0 Å². The summed E-state index contributed by atoms with van der Waals surface area (Å²) >= 11 is 0. The summed E-state index contributed by atoms with van der Waals surface area (Å²) in [6.07, 6.45) is 0. The Morgan fingerprint density at radius 1 is 1.20 bits per heavy atom. The van der Waals surface area contributed by atoms with E-state index in [0.29, 0.717) is 0 Å². The lowest BCUT2D eigenvalue weighted by Crippen LogP contribution is -2.50. The fourth-order valence-electron chi connectivity index (χ4n) is 1.03. The molecule has 0 aromatic rings. The number of carbonyl (C=O) groups is 2. The minimum atomic E-state index is -0.585. The normalized spacial score (nSPS) is 14.5. The van der Waals surface area contributed by atoms with E-state index in [1.807, 2.05) is 13.8 Å². The van der Waals surface area contributed by atoms with Crippen LogP contribution < -0.4 is 10.6 Å². The molecular weight excluding hydrogens is 196 g/mol.